The van der Waals surface area contributed by atoms with Crippen LogP contribution < -0.4 is 0 Å². The minimum Gasteiger partial charge on any atom is -0.462 e. The molecule has 0 aromatic heterocycles. The van der Waals surface area contributed by atoms with E-state index in [0.29, 0.717) is 23.9 Å². The van der Waals surface area contributed by atoms with Crippen LogP contribution in [0.25, 0.3) is 0 Å². The maximum Gasteiger partial charge on any atom is 0.472 e. The molecule has 0 spiro atoms. The molecule has 0 aliphatic carbocycles. The largest absolute Gasteiger partial charge is 0.472 e. The summed E-state index contributed by atoms with van der Waals surface area (Å²) >= 11 is 0. The Bertz CT molecular complexity index is 1310. The van der Waals surface area contributed by atoms with Crippen LogP contribution in [-0.2, 0) is 37.4 Å². The quantitative estimate of drug-likeness (QED) is 0.0164. The fourth-order valence-electron chi connectivity index (χ4n) is 5.38. The van der Waals surface area contributed by atoms with E-state index in [2.05, 4.69) is 98.9 Å². The van der Waals surface area contributed by atoms with E-state index in [1.807, 2.05) is 21.1 Å². The van der Waals surface area contributed by atoms with E-state index in [1.165, 1.54) is 19.3 Å². The lowest BCUT2D eigenvalue weighted by Crippen LogP contribution is -2.37. The van der Waals surface area contributed by atoms with Gasteiger partial charge in [-0.05, 0) is 89.9 Å². The standard InChI is InChI=1S/C46H76NO9P/c1-6-8-10-12-14-16-18-20-21-22-24-26-28-30-32-36-45(48)52-40-42(41-54-57(50,51)53-39-38-47(3,4)5)55-46(49)37-33-35-44-43(56-44)34-31-29-27-25-23-19-17-15-13-11-9-7-2/h8,10,14-17,20-21,23-26,29,31,42-44H,6-7,9,11-13,18-19,22,27-28,30,32-41H2,1-5H3/p+1/b10-8-,16-14-,17-15-,21-20-,25-23-,26-24-,31-29-/t42-,43?,44?/m1/s1. The highest BCUT2D eigenvalue weighted by atomic mass is 31.2. The van der Waals surface area contributed by atoms with Crippen LogP contribution in [0.5, 0.6) is 0 Å². The number of esters is 2. The predicted molar refractivity (Wildman–Crippen MR) is 233 cm³/mol. The molecule has 1 fully saturated rings. The average molecular weight is 819 g/mol. The molecule has 1 aliphatic rings. The first-order valence-electron chi connectivity index (χ1n) is 21.4. The molecule has 1 N–H and O–H groups in total. The summed E-state index contributed by atoms with van der Waals surface area (Å²) in [5.74, 6) is -0.934. The molecule has 0 aromatic rings. The van der Waals surface area contributed by atoms with Crippen molar-refractivity contribution in [1.29, 1.82) is 0 Å². The van der Waals surface area contributed by atoms with Gasteiger partial charge in [0.15, 0.2) is 6.10 Å². The van der Waals surface area contributed by atoms with Gasteiger partial charge in [0, 0.05) is 12.8 Å². The summed E-state index contributed by atoms with van der Waals surface area (Å²) in [4.78, 5) is 35.4. The number of quaternary nitrogens is 1. The highest BCUT2D eigenvalue weighted by Gasteiger charge is 2.37. The Kier molecular flexibility index (Phi) is 31.2. The number of carbonyl (C=O) groups excluding carboxylic acids is 2. The smallest absolute Gasteiger partial charge is 0.462 e. The number of phosphoric ester groups is 1. The minimum absolute atomic E-state index is 0.00578. The molecule has 0 aromatic carbocycles. The summed E-state index contributed by atoms with van der Waals surface area (Å²) < 4.78 is 40.0. The molecule has 10 nitrogen and oxygen atoms in total. The molecule has 324 valence electrons. The number of unbranched alkanes of at least 4 members (excludes halogenated alkanes) is 5. The molecule has 0 saturated carbocycles. The van der Waals surface area contributed by atoms with Gasteiger partial charge < -0.3 is 23.6 Å². The molecule has 57 heavy (non-hydrogen) atoms. The highest BCUT2D eigenvalue weighted by molar-refractivity contribution is 7.47. The summed E-state index contributed by atoms with van der Waals surface area (Å²) in [6.45, 7) is 4.11. The number of epoxide rings is 1. The van der Waals surface area contributed by atoms with Crippen LogP contribution in [0.4, 0.5) is 0 Å². The SMILES string of the molecule is CC/C=C\C/C=C\C/C=C\C/C=C\CCCCC(=O)OC[C@H](COP(=O)(O)OCC[N+](C)(C)C)OC(=O)CCCC1OC1C/C=C\C/C=C\C/C=C\CCCCC. The number of rotatable bonds is 36. The summed E-state index contributed by atoms with van der Waals surface area (Å²) in [6.07, 6.45) is 45.1. The van der Waals surface area contributed by atoms with Crippen molar-refractivity contribution in [2.24, 2.45) is 0 Å². The number of nitrogens with zero attached hydrogens (tertiary/aromatic N) is 1. The Hall–Kier alpha value is -2.85. The minimum atomic E-state index is -4.41. The van der Waals surface area contributed by atoms with Crippen molar-refractivity contribution >= 4 is 19.8 Å². The van der Waals surface area contributed by atoms with Crippen molar-refractivity contribution in [3.05, 3.63) is 85.1 Å². The van der Waals surface area contributed by atoms with E-state index in [1.54, 1.807) is 0 Å². The van der Waals surface area contributed by atoms with Gasteiger partial charge in [0.2, 0.25) is 0 Å². The van der Waals surface area contributed by atoms with Crippen LogP contribution in [0, 0.1) is 0 Å². The fourth-order valence-corrected chi connectivity index (χ4v) is 6.12. The summed E-state index contributed by atoms with van der Waals surface area (Å²) in [7, 11) is 1.39. The first-order chi connectivity index (χ1) is 27.5. The molecular weight excluding hydrogens is 741 g/mol. The second-order valence-electron chi connectivity index (χ2n) is 15.4. The van der Waals surface area contributed by atoms with Crippen molar-refractivity contribution in [3.63, 3.8) is 0 Å². The molecule has 1 saturated heterocycles. The lowest BCUT2D eigenvalue weighted by molar-refractivity contribution is -0.870. The number of likely N-dealkylation sites (N-methyl/N-ethyl adjacent to an activating group) is 1. The molecule has 1 aliphatic heterocycles. The molecule has 0 radical (unpaired) electrons. The first kappa shape index (κ1) is 52.2. The normalized spacial score (nSPS) is 18.0. The Morgan fingerprint density at radius 2 is 1.21 bits per heavy atom. The van der Waals surface area contributed by atoms with Crippen molar-refractivity contribution in [1.82, 2.24) is 0 Å². The summed E-state index contributed by atoms with van der Waals surface area (Å²) in [5.41, 5.74) is 0. The third-order valence-corrected chi connectivity index (χ3v) is 9.82. The van der Waals surface area contributed by atoms with Gasteiger partial charge in [0.25, 0.3) is 0 Å². The van der Waals surface area contributed by atoms with E-state index in [9.17, 15) is 19.0 Å². The molecule has 0 bridgehead atoms. The molecule has 11 heteroatoms. The van der Waals surface area contributed by atoms with Crippen molar-refractivity contribution in [2.75, 3.05) is 47.5 Å². The summed E-state index contributed by atoms with van der Waals surface area (Å²) in [6, 6.07) is 0. The number of hydrogen-bond acceptors (Lipinski definition) is 8. The Labute approximate surface area is 346 Å². The Balaban J connectivity index is 2.40. The van der Waals surface area contributed by atoms with Crippen LogP contribution in [-0.4, -0.2) is 87.1 Å². The predicted octanol–water partition coefficient (Wildman–Crippen LogP) is 11.0. The van der Waals surface area contributed by atoms with Gasteiger partial charge in [0.1, 0.15) is 19.8 Å². The summed E-state index contributed by atoms with van der Waals surface area (Å²) in [5, 5.41) is 0. The third-order valence-electron chi connectivity index (χ3n) is 8.83. The zero-order valence-electron chi connectivity index (χ0n) is 36.0. The van der Waals surface area contributed by atoms with Gasteiger partial charge in [-0.2, -0.15) is 0 Å². The zero-order valence-corrected chi connectivity index (χ0v) is 36.9. The highest BCUT2D eigenvalue weighted by Crippen LogP contribution is 2.43. The number of carbonyl (C=O) groups is 2. The number of phosphoric acid groups is 1. The Morgan fingerprint density at radius 3 is 1.79 bits per heavy atom. The topological polar surface area (TPSA) is 121 Å². The Morgan fingerprint density at radius 1 is 0.667 bits per heavy atom. The van der Waals surface area contributed by atoms with E-state index >= 15 is 0 Å². The number of hydrogen-bond donors (Lipinski definition) is 1. The van der Waals surface area contributed by atoms with E-state index in [0.717, 1.165) is 70.6 Å². The number of ether oxygens (including phenoxy) is 3. The second-order valence-corrected chi connectivity index (χ2v) is 16.8. The van der Waals surface area contributed by atoms with E-state index < -0.39 is 32.5 Å². The molecule has 3 unspecified atom stereocenters. The molecular formula is C46H77NO9P+. The average Bonchev–Trinajstić information content (AvgIpc) is 3.91. The monoisotopic (exact) mass is 819 g/mol. The molecule has 1 heterocycles. The van der Waals surface area contributed by atoms with Crippen LogP contribution >= 0.6 is 7.82 Å². The van der Waals surface area contributed by atoms with Crippen LogP contribution in [0.1, 0.15) is 129 Å². The van der Waals surface area contributed by atoms with E-state index in [-0.39, 0.29) is 38.3 Å². The molecule has 4 atom stereocenters. The lowest BCUT2D eigenvalue weighted by atomic mass is 10.1. The molecule has 1 rings (SSSR count). The lowest BCUT2D eigenvalue weighted by Gasteiger charge is -2.24. The van der Waals surface area contributed by atoms with Crippen LogP contribution in [0.15, 0.2) is 85.1 Å². The first-order valence-corrected chi connectivity index (χ1v) is 22.9. The van der Waals surface area contributed by atoms with Crippen LogP contribution in [0.3, 0.4) is 0 Å². The van der Waals surface area contributed by atoms with Crippen LogP contribution in [0.2, 0.25) is 0 Å². The number of allylic oxidation sites excluding steroid dienone is 13. The third kappa shape index (κ3) is 34.9. The zero-order chi connectivity index (χ0) is 41.9. The van der Waals surface area contributed by atoms with Gasteiger partial charge >= 0.3 is 19.8 Å². The van der Waals surface area contributed by atoms with Gasteiger partial charge in [-0.1, -0.05) is 112 Å². The van der Waals surface area contributed by atoms with Gasteiger partial charge in [-0.25, -0.2) is 4.57 Å². The van der Waals surface area contributed by atoms with E-state index in [4.69, 9.17) is 23.3 Å². The van der Waals surface area contributed by atoms with Crippen molar-refractivity contribution in [3.8, 4) is 0 Å². The van der Waals surface area contributed by atoms with Gasteiger partial charge in [-0.3, -0.25) is 18.6 Å². The second kappa shape index (κ2) is 34.1. The molecule has 0 amide bonds. The fraction of sp³-hybridized carbons (Fsp3) is 0.652. The van der Waals surface area contributed by atoms with Gasteiger partial charge in [0.05, 0.1) is 40.0 Å². The van der Waals surface area contributed by atoms with Crippen molar-refractivity contribution in [2.45, 2.75) is 148 Å². The maximum absolute atomic E-state index is 12.8. The maximum atomic E-state index is 12.8. The van der Waals surface area contributed by atoms with Gasteiger partial charge in [-0.15, -0.1) is 0 Å². The van der Waals surface area contributed by atoms with Crippen molar-refractivity contribution < 1.29 is 46.8 Å².